The Kier molecular flexibility index (Phi) is 4.56. The molecule has 2 aromatic carbocycles. The fourth-order valence-electron chi connectivity index (χ4n) is 2.91. The third-order valence-electron chi connectivity index (χ3n) is 4.31. The normalized spacial score (nSPS) is 10.8. The van der Waals surface area contributed by atoms with Crippen molar-refractivity contribution >= 4 is 22.5 Å². The highest BCUT2D eigenvalue weighted by atomic mass is 16.5. The second kappa shape index (κ2) is 6.79. The summed E-state index contributed by atoms with van der Waals surface area (Å²) in [5, 5.41) is 4.00. The molecule has 4 heteroatoms. The molecule has 0 bridgehead atoms. The van der Waals surface area contributed by atoms with Gasteiger partial charge in [-0.15, -0.1) is 0 Å². The summed E-state index contributed by atoms with van der Waals surface area (Å²) < 4.78 is 5.29. The lowest BCUT2D eigenvalue weighted by atomic mass is 10.1. The van der Waals surface area contributed by atoms with E-state index < -0.39 is 0 Å². The zero-order chi connectivity index (χ0) is 17.1. The first-order valence-corrected chi connectivity index (χ1v) is 8.14. The summed E-state index contributed by atoms with van der Waals surface area (Å²) >= 11 is 0. The van der Waals surface area contributed by atoms with Gasteiger partial charge in [-0.1, -0.05) is 19.1 Å². The highest BCUT2D eigenvalue weighted by molar-refractivity contribution is 5.96. The Hall–Kier alpha value is -2.75. The van der Waals surface area contributed by atoms with E-state index >= 15 is 0 Å². The molecular weight excluding hydrogens is 300 g/mol. The molecule has 1 amide bonds. The molecule has 0 aliphatic rings. The molecule has 0 atom stereocenters. The van der Waals surface area contributed by atoms with Crippen molar-refractivity contribution in [3.63, 3.8) is 0 Å². The van der Waals surface area contributed by atoms with Crippen LogP contribution in [-0.4, -0.2) is 18.0 Å². The number of hydrogen-bond donors (Lipinski definition) is 2. The zero-order valence-electron chi connectivity index (χ0n) is 14.3. The van der Waals surface area contributed by atoms with Crippen molar-refractivity contribution in [3.8, 4) is 5.75 Å². The number of nitrogens with one attached hydrogen (secondary N) is 2. The molecule has 1 heterocycles. The monoisotopic (exact) mass is 322 g/mol. The topological polar surface area (TPSA) is 54.1 Å². The van der Waals surface area contributed by atoms with Gasteiger partial charge in [0.2, 0.25) is 5.91 Å². The van der Waals surface area contributed by atoms with Crippen LogP contribution in [-0.2, 0) is 17.6 Å². The number of hydrogen-bond acceptors (Lipinski definition) is 2. The minimum absolute atomic E-state index is 0.0222. The third kappa shape index (κ3) is 3.27. The average Bonchev–Trinajstić information content (AvgIpc) is 2.90. The highest BCUT2D eigenvalue weighted by Gasteiger charge is 2.13. The summed E-state index contributed by atoms with van der Waals surface area (Å²) in [5.41, 5.74) is 5.12. The van der Waals surface area contributed by atoms with Gasteiger partial charge in [0.15, 0.2) is 0 Å². The standard InChI is InChI=1S/C20H22N2O2/c1-4-14-5-7-15(8-6-14)22-20(23)12-17-13(2)21-19-10-9-16(24-3)11-18(17)19/h5-11,21H,4,12H2,1-3H3,(H,22,23). The number of aryl methyl sites for hydroxylation is 2. The third-order valence-corrected chi connectivity index (χ3v) is 4.31. The number of amides is 1. The number of carbonyl (C=O) groups excluding carboxylic acids is 1. The minimum Gasteiger partial charge on any atom is -0.497 e. The van der Waals surface area contributed by atoms with Crippen LogP contribution in [0.3, 0.4) is 0 Å². The summed E-state index contributed by atoms with van der Waals surface area (Å²) in [4.78, 5) is 15.8. The Labute approximate surface area is 141 Å². The minimum atomic E-state index is -0.0222. The molecule has 0 saturated carbocycles. The highest BCUT2D eigenvalue weighted by Crippen LogP contribution is 2.27. The molecule has 0 radical (unpaired) electrons. The molecule has 0 unspecified atom stereocenters. The van der Waals surface area contributed by atoms with Crippen LogP contribution in [0.5, 0.6) is 5.75 Å². The summed E-state index contributed by atoms with van der Waals surface area (Å²) in [7, 11) is 1.65. The largest absolute Gasteiger partial charge is 0.497 e. The van der Waals surface area contributed by atoms with E-state index in [-0.39, 0.29) is 5.91 Å². The lowest BCUT2D eigenvalue weighted by Gasteiger charge is -2.07. The van der Waals surface area contributed by atoms with Gasteiger partial charge in [0.05, 0.1) is 13.5 Å². The maximum Gasteiger partial charge on any atom is 0.228 e. The number of aromatic nitrogens is 1. The molecule has 124 valence electrons. The van der Waals surface area contributed by atoms with Crippen LogP contribution in [0.2, 0.25) is 0 Å². The van der Waals surface area contributed by atoms with Gasteiger partial charge in [-0.05, 0) is 54.8 Å². The van der Waals surface area contributed by atoms with E-state index in [4.69, 9.17) is 4.74 Å². The summed E-state index contributed by atoms with van der Waals surface area (Å²) in [6, 6.07) is 13.8. The Morgan fingerprint density at radius 2 is 1.92 bits per heavy atom. The Balaban J connectivity index is 1.80. The smallest absolute Gasteiger partial charge is 0.228 e. The van der Waals surface area contributed by atoms with Gasteiger partial charge in [0.25, 0.3) is 0 Å². The molecule has 0 saturated heterocycles. The quantitative estimate of drug-likeness (QED) is 0.738. The summed E-state index contributed by atoms with van der Waals surface area (Å²) in [5.74, 6) is 0.768. The van der Waals surface area contributed by atoms with E-state index in [0.717, 1.165) is 40.0 Å². The Bertz CT molecular complexity index is 863. The van der Waals surface area contributed by atoms with Crippen molar-refractivity contribution < 1.29 is 9.53 Å². The molecule has 1 aromatic heterocycles. The number of carbonyl (C=O) groups is 1. The number of ether oxygens (including phenoxy) is 1. The molecule has 0 fully saturated rings. The molecule has 2 N–H and O–H groups in total. The van der Waals surface area contributed by atoms with Gasteiger partial charge in [0, 0.05) is 22.3 Å². The van der Waals surface area contributed by atoms with Crippen molar-refractivity contribution in [2.75, 3.05) is 12.4 Å². The second-order valence-corrected chi connectivity index (χ2v) is 5.92. The van der Waals surface area contributed by atoms with Gasteiger partial charge in [0.1, 0.15) is 5.75 Å². The average molecular weight is 322 g/mol. The van der Waals surface area contributed by atoms with E-state index in [2.05, 4.69) is 17.2 Å². The van der Waals surface area contributed by atoms with Crippen molar-refractivity contribution in [3.05, 3.63) is 59.3 Å². The summed E-state index contributed by atoms with van der Waals surface area (Å²) in [6.45, 7) is 4.10. The van der Waals surface area contributed by atoms with Crippen LogP contribution in [0.25, 0.3) is 10.9 Å². The van der Waals surface area contributed by atoms with Gasteiger partial charge < -0.3 is 15.0 Å². The second-order valence-electron chi connectivity index (χ2n) is 5.92. The van der Waals surface area contributed by atoms with E-state index in [1.807, 2.05) is 49.4 Å². The maximum atomic E-state index is 12.4. The lowest BCUT2D eigenvalue weighted by molar-refractivity contribution is -0.115. The van der Waals surface area contributed by atoms with Gasteiger partial charge >= 0.3 is 0 Å². The predicted molar refractivity (Wildman–Crippen MR) is 97.7 cm³/mol. The molecule has 3 rings (SSSR count). The molecule has 0 aliphatic carbocycles. The molecule has 0 spiro atoms. The van der Waals surface area contributed by atoms with Crippen molar-refractivity contribution in [2.45, 2.75) is 26.7 Å². The summed E-state index contributed by atoms with van der Waals surface area (Å²) in [6.07, 6.45) is 1.32. The first-order valence-electron chi connectivity index (χ1n) is 8.14. The van der Waals surface area contributed by atoms with Crippen molar-refractivity contribution in [2.24, 2.45) is 0 Å². The first kappa shape index (κ1) is 16.1. The Morgan fingerprint density at radius 3 is 2.58 bits per heavy atom. The van der Waals surface area contributed by atoms with E-state index in [1.165, 1.54) is 5.56 Å². The fraction of sp³-hybridized carbons (Fsp3) is 0.250. The number of H-pyrrole nitrogens is 1. The molecule has 4 nitrogen and oxygen atoms in total. The predicted octanol–water partition coefficient (Wildman–Crippen LogP) is 4.23. The van der Waals surface area contributed by atoms with Gasteiger partial charge in [-0.3, -0.25) is 4.79 Å². The number of aromatic amines is 1. The SMILES string of the molecule is CCc1ccc(NC(=O)Cc2c(C)[nH]c3ccc(OC)cc23)cc1. The number of benzene rings is 2. The van der Waals surface area contributed by atoms with E-state index in [1.54, 1.807) is 7.11 Å². The van der Waals surface area contributed by atoms with Crippen LogP contribution in [0.15, 0.2) is 42.5 Å². The van der Waals surface area contributed by atoms with Crippen LogP contribution in [0.4, 0.5) is 5.69 Å². The maximum absolute atomic E-state index is 12.4. The number of anilines is 1. The molecule has 24 heavy (non-hydrogen) atoms. The van der Waals surface area contributed by atoms with Crippen LogP contribution >= 0.6 is 0 Å². The zero-order valence-corrected chi connectivity index (χ0v) is 14.3. The first-order chi connectivity index (χ1) is 11.6. The van der Waals surface area contributed by atoms with Gasteiger partial charge in [-0.25, -0.2) is 0 Å². The Morgan fingerprint density at radius 1 is 1.17 bits per heavy atom. The fourth-order valence-corrected chi connectivity index (χ4v) is 2.91. The van der Waals surface area contributed by atoms with E-state index in [0.29, 0.717) is 6.42 Å². The number of fused-ring (bicyclic) bond motifs is 1. The van der Waals surface area contributed by atoms with Crippen LogP contribution in [0.1, 0.15) is 23.7 Å². The molecular formula is C20H22N2O2. The van der Waals surface area contributed by atoms with Gasteiger partial charge in [-0.2, -0.15) is 0 Å². The van der Waals surface area contributed by atoms with Crippen molar-refractivity contribution in [1.82, 2.24) is 4.98 Å². The molecule has 0 aliphatic heterocycles. The number of methoxy groups -OCH3 is 1. The lowest BCUT2D eigenvalue weighted by Crippen LogP contribution is -2.14. The van der Waals surface area contributed by atoms with E-state index in [9.17, 15) is 4.79 Å². The number of rotatable bonds is 5. The van der Waals surface area contributed by atoms with Crippen LogP contribution in [0, 0.1) is 6.92 Å². The van der Waals surface area contributed by atoms with Crippen molar-refractivity contribution in [1.29, 1.82) is 0 Å². The van der Waals surface area contributed by atoms with Crippen LogP contribution < -0.4 is 10.1 Å². The molecule has 3 aromatic rings.